The maximum atomic E-state index is 8.69. The highest BCUT2D eigenvalue weighted by Gasteiger charge is 2.22. The first-order valence-electron chi connectivity index (χ1n) is 9.86. The Labute approximate surface area is 156 Å². The number of benzene rings is 1. The smallest absolute Gasteiger partial charge is 0.227 e. The summed E-state index contributed by atoms with van der Waals surface area (Å²) >= 11 is 0. The third-order valence-electron chi connectivity index (χ3n) is 4.74. The Morgan fingerprint density at radius 2 is 1.73 bits per heavy atom. The normalized spacial score (nSPS) is 13.9. The van der Waals surface area contributed by atoms with E-state index in [1.54, 1.807) is 6.20 Å². The average molecular weight is 346 g/mol. The molecule has 0 saturated heterocycles. The molecule has 3 nitrogen and oxygen atoms in total. The lowest BCUT2D eigenvalue weighted by Gasteiger charge is -2.12. The molecule has 0 bridgehead atoms. The Bertz CT molecular complexity index is 1180. The molecule has 0 aliphatic heterocycles. The van der Waals surface area contributed by atoms with Crippen molar-refractivity contribution in [2.24, 2.45) is 0 Å². The second-order valence-corrected chi connectivity index (χ2v) is 7.17. The van der Waals surface area contributed by atoms with E-state index in [2.05, 4.69) is 9.97 Å². The van der Waals surface area contributed by atoms with Crippen LogP contribution >= 0.6 is 0 Å². The lowest BCUT2D eigenvalue weighted by molar-refractivity contribution is 0.652. The van der Waals surface area contributed by atoms with E-state index in [0.29, 0.717) is 11.3 Å². The van der Waals surface area contributed by atoms with Gasteiger partial charge >= 0.3 is 0 Å². The van der Waals surface area contributed by atoms with Crippen molar-refractivity contribution in [3.8, 4) is 11.3 Å². The molecule has 132 valence electrons. The van der Waals surface area contributed by atoms with Gasteiger partial charge in [0.15, 0.2) is 0 Å². The number of pyridine rings is 2. The van der Waals surface area contributed by atoms with Crippen molar-refractivity contribution in [2.75, 3.05) is 0 Å². The number of hydrogen-bond donors (Lipinski definition) is 0. The van der Waals surface area contributed by atoms with Gasteiger partial charge < -0.3 is 4.42 Å². The fourth-order valence-electron chi connectivity index (χ4n) is 3.53. The summed E-state index contributed by atoms with van der Waals surface area (Å²) in [5.74, 6) is -1.65. The van der Waals surface area contributed by atoms with E-state index in [1.807, 2.05) is 71.0 Å². The minimum Gasteiger partial charge on any atom is -0.437 e. The van der Waals surface area contributed by atoms with Crippen LogP contribution in [0.1, 0.15) is 59.0 Å². The van der Waals surface area contributed by atoms with Gasteiger partial charge in [-0.1, -0.05) is 39.8 Å². The molecule has 4 rings (SSSR count). The van der Waals surface area contributed by atoms with E-state index < -0.39 is 11.8 Å². The van der Waals surface area contributed by atoms with Gasteiger partial charge in [0, 0.05) is 25.6 Å². The molecule has 0 unspecified atom stereocenters. The number of rotatable bonds is 3. The zero-order valence-corrected chi connectivity index (χ0v) is 15.8. The molecule has 0 atom stereocenters. The van der Waals surface area contributed by atoms with Crippen LogP contribution in [0.25, 0.3) is 33.3 Å². The van der Waals surface area contributed by atoms with Crippen LogP contribution in [0.4, 0.5) is 0 Å². The first kappa shape index (κ1) is 14.5. The molecular formula is C23H24N2O. The molecule has 0 amide bonds. The van der Waals surface area contributed by atoms with Crippen molar-refractivity contribution in [3.05, 3.63) is 59.4 Å². The van der Waals surface area contributed by atoms with Crippen LogP contribution in [-0.2, 0) is 0 Å². The molecule has 4 aromatic rings. The van der Waals surface area contributed by atoms with Gasteiger partial charge in [-0.05, 0) is 54.1 Å². The molecule has 1 aromatic carbocycles. The maximum Gasteiger partial charge on any atom is 0.227 e. The molecule has 26 heavy (non-hydrogen) atoms. The fourth-order valence-corrected chi connectivity index (χ4v) is 3.53. The summed E-state index contributed by atoms with van der Waals surface area (Å²) in [6.45, 7) is 9.39. The van der Waals surface area contributed by atoms with E-state index >= 15 is 0 Å². The number of nitrogens with zero attached hydrogens (tertiary/aromatic N) is 2. The number of hydrogen-bond acceptors (Lipinski definition) is 3. The predicted molar refractivity (Wildman–Crippen MR) is 108 cm³/mol. The fraction of sp³-hybridized carbons (Fsp3) is 0.304. The van der Waals surface area contributed by atoms with Crippen LogP contribution in [0.15, 0.2) is 47.0 Å². The summed E-state index contributed by atoms with van der Waals surface area (Å²) in [4.78, 5) is 9.10. The summed E-state index contributed by atoms with van der Waals surface area (Å²) < 4.78 is 23.6. The number of furan rings is 1. The quantitative estimate of drug-likeness (QED) is 0.419. The zero-order chi connectivity index (χ0) is 20.3. The van der Waals surface area contributed by atoms with Crippen LogP contribution < -0.4 is 0 Å². The second-order valence-electron chi connectivity index (χ2n) is 7.17. The first-order valence-corrected chi connectivity index (χ1v) is 8.86. The molecule has 0 aliphatic carbocycles. The van der Waals surface area contributed by atoms with Gasteiger partial charge in [-0.3, -0.25) is 4.98 Å². The van der Waals surface area contributed by atoms with E-state index in [1.165, 1.54) is 0 Å². The van der Waals surface area contributed by atoms with E-state index in [4.69, 9.17) is 7.16 Å². The molecule has 0 fully saturated rings. The third kappa shape index (κ3) is 2.59. The topological polar surface area (TPSA) is 38.9 Å². The summed E-state index contributed by atoms with van der Waals surface area (Å²) in [5, 5.41) is 1.69. The predicted octanol–water partition coefficient (Wildman–Crippen LogP) is 6.60. The molecule has 0 spiro atoms. The van der Waals surface area contributed by atoms with E-state index in [9.17, 15) is 0 Å². The Kier molecular flexibility index (Phi) is 3.48. The van der Waals surface area contributed by atoms with Gasteiger partial charge in [-0.2, -0.15) is 0 Å². The van der Waals surface area contributed by atoms with Gasteiger partial charge in [0.1, 0.15) is 5.58 Å². The van der Waals surface area contributed by atoms with Crippen molar-refractivity contribution in [3.63, 3.8) is 0 Å². The molecule has 0 saturated carbocycles. The number of aryl methyl sites for hydroxylation is 1. The molecule has 0 aliphatic rings. The highest BCUT2D eigenvalue weighted by molar-refractivity contribution is 6.11. The summed E-state index contributed by atoms with van der Waals surface area (Å²) in [6, 6.07) is 11.7. The summed E-state index contributed by atoms with van der Waals surface area (Å²) in [7, 11) is 0. The largest absolute Gasteiger partial charge is 0.437 e. The minimum absolute atomic E-state index is 0.513. The zero-order valence-electron chi connectivity index (χ0n) is 17.8. The lowest BCUT2D eigenvalue weighted by Crippen LogP contribution is -1.95. The van der Waals surface area contributed by atoms with Crippen LogP contribution in [0.3, 0.4) is 0 Å². The van der Waals surface area contributed by atoms with Gasteiger partial charge in [0.05, 0.1) is 11.1 Å². The summed E-state index contributed by atoms with van der Waals surface area (Å²) in [5.41, 5.74) is 5.40. The first-order chi connectivity index (χ1) is 13.1. The highest BCUT2D eigenvalue weighted by Crippen LogP contribution is 2.42. The molecule has 3 aromatic heterocycles. The van der Waals surface area contributed by atoms with Crippen LogP contribution in [0.5, 0.6) is 0 Å². The Morgan fingerprint density at radius 1 is 0.962 bits per heavy atom. The Morgan fingerprint density at radius 3 is 2.38 bits per heavy atom. The van der Waals surface area contributed by atoms with Gasteiger partial charge in [-0.25, -0.2) is 4.98 Å². The molecule has 0 N–H and O–H groups in total. The van der Waals surface area contributed by atoms with Crippen LogP contribution in [-0.4, -0.2) is 9.97 Å². The molecular weight excluding hydrogens is 320 g/mol. The van der Waals surface area contributed by atoms with Crippen molar-refractivity contribution < 1.29 is 7.16 Å². The van der Waals surface area contributed by atoms with Gasteiger partial charge in [-0.15, -0.1) is 0 Å². The van der Waals surface area contributed by atoms with Crippen molar-refractivity contribution in [1.29, 1.82) is 0 Å². The SMILES string of the molecule is [2H]C(C)(C)c1cc(C)nc2oc3c(-c4ccccn4)ccc(C([2H])(C)C)c3c12. The Hall–Kier alpha value is -2.68. The highest BCUT2D eigenvalue weighted by atomic mass is 16.3. The molecule has 3 heterocycles. The van der Waals surface area contributed by atoms with Gasteiger partial charge in [0.25, 0.3) is 0 Å². The van der Waals surface area contributed by atoms with Crippen molar-refractivity contribution in [2.45, 2.75) is 46.4 Å². The van der Waals surface area contributed by atoms with Crippen LogP contribution in [0.2, 0.25) is 0 Å². The average Bonchev–Trinajstić information content (AvgIpc) is 2.97. The Balaban J connectivity index is 2.24. The minimum atomic E-state index is -0.827. The third-order valence-corrected chi connectivity index (χ3v) is 4.74. The monoisotopic (exact) mass is 346 g/mol. The molecule has 3 heteroatoms. The van der Waals surface area contributed by atoms with Crippen molar-refractivity contribution >= 4 is 22.1 Å². The number of fused-ring (bicyclic) bond motifs is 3. The summed E-state index contributed by atoms with van der Waals surface area (Å²) in [6.07, 6.45) is 1.76. The van der Waals surface area contributed by atoms with Gasteiger partial charge in [0.2, 0.25) is 5.71 Å². The standard InChI is InChI=1S/C23H24N2O/c1-13(2)16-9-10-17(19-8-6-7-11-24-19)22-20(16)21-18(14(3)4)12-15(5)25-23(21)26-22/h6-14H,1-5H3/i13D,14D. The second kappa shape index (κ2) is 6.24. The maximum absolute atomic E-state index is 8.69. The van der Waals surface area contributed by atoms with E-state index in [0.717, 1.165) is 38.9 Å². The number of aromatic nitrogens is 2. The van der Waals surface area contributed by atoms with Crippen molar-refractivity contribution in [1.82, 2.24) is 9.97 Å². The lowest BCUT2D eigenvalue weighted by atomic mass is 9.91. The van der Waals surface area contributed by atoms with Crippen LogP contribution in [0, 0.1) is 6.92 Å². The molecule has 0 radical (unpaired) electrons. The van der Waals surface area contributed by atoms with E-state index in [-0.39, 0.29) is 0 Å².